The van der Waals surface area contributed by atoms with Crippen LogP contribution in [0.3, 0.4) is 0 Å². The number of nitrogens with zero attached hydrogens (tertiary/aromatic N) is 2. The van der Waals surface area contributed by atoms with Crippen LogP contribution in [0, 0.1) is 6.92 Å². The van der Waals surface area contributed by atoms with Crippen LogP contribution < -0.4 is 5.73 Å². The fraction of sp³-hybridized carbons (Fsp3) is 0.182. The average molecular weight is 188 g/mol. The van der Waals surface area contributed by atoms with Crippen LogP contribution in [-0.4, -0.2) is 9.55 Å². The summed E-state index contributed by atoms with van der Waals surface area (Å²) in [4.78, 5) is 4.19. The summed E-state index contributed by atoms with van der Waals surface area (Å²) in [6, 6.07) is 8.38. The quantitative estimate of drug-likeness (QED) is 0.748. The molecule has 3 heteroatoms. The third-order valence-electron chi connectivity index (χ3n) is 2.33. The lowest BCUT2D eigenvalue weighted by atomic mass is 10.2. The molecule has 1 aromatic carbocycles. The minimum Gasteiger partial charge on any atom is -0.354 e. The van der Waals surface area contributed by atoms with Gasteiger partial charge in [-0.05, 0) is 19.1 Å². The molecule has 2 aromatic rings. The van der Waals surface area contributed by atoms with Crippen LogP contribution >= 0.6 is 0 Å². The monoisotopic (exact) mass is 188 g/mol. The first-order valence-electron chi connectivity index (χ1n) is 4.70. The lowest BCUT2D eigenvalue weighted by Gasteiger charge is -2.04. The van der Waals surface area contributed by atoms with Crippen molar-refractivity contribution in [2.24, 2.45) is 0 Å². The van der Waals surface area contributed by atoms with E-state index in [-0.39, 0.29) is 0 Å². The van der Waals surface area contributed by atoms with Crippen LogP contribution in [0.5, 0.6) is 0 Å². The summed E-state index contributed by atoms with van der Waals surface area (Å²) in [5.41, 5.74) is 6.25. The van der Waals surface area contributed by atoms with Crippen LogP contribution in [0.4, 0.5) is 0 Å². The van der Waals surface area contributed by atoms with Gasteiger partial charge in [0.05, 0.1) is 6.54 Å². The molecule has 0 aliphatic rings. The van der Waals surface area contributed by atoms with E-state index in [0.717, 1.165) is 18.1 Å². The molecule has 0 fully saturated rings. The molecule has 0 amide bonds. The Balaban J connectivity index is 2.39. The van der Waals surface area contributed by atoms with Gasteiger partial charge in [-0.1, -0.05) is 12.1 Å². The Hall–Kier alpha value is -1.61. The smallest absolute Gasteiger partial charge is 0.110 e. The standard InChI is InChI=1S/C11H13N3/c1-9-13-6-7-14(9)11-4-2-10(8-12)3-5-11/h2-7H,8,12H2,1H3/p+1. The fourth-order valence-electron chi connectivity index (χ4n) is 1.47. The SMILES string of the molecule is Cc1nccn1-c1ccc(C[NH3+])cc1. The van der Waals surface area contributed by atoms with E-state index in [1.165, 1.54) is 5.56 Å². The molecule has 0 radical (unpaired) electrons. The highest BCUT2D eigenvalue weighted by Gasteiger charge is 1.99. The highest BCUT2D eigenvalue weighted by molar-refractivity contribution is 5.35. The molecule has 0 bridgehead atoms. The second-order valence-electron chi connectivity index (χ2n) is 3.26. The molecule has 0 saturated heterocycles. The van der Waals surface area contributed by atoms with Crippen LogP contribution in [-0.2, 0) is 6.54 Å². The van der Waals surface area contributed by atoms with Crippen molar-refractivity contribution in [2.75, 3.05) is 0 Å². The van der Waals surface area contributed by atoms with E-state index in [0.29, 0.717) is 0 Å². The molecular weight excluding hydrogens is 174 g/mol. The summed E-state index contributed by atoms with van der Waals surface area (Å²) in [6.07, 6.45) is 3.78. The number of quaternary nitrogens is 1. The first kappa shape index (κ1) is 8.97. The van der Waals surface area contributed by atoms with E-state index in [4.69, 9.17) is 0 Å². The summed E-state index contributed by atoms with van der Waals surface area (Å²) >= 11 is 0. The predicted molar refractivity (Wildman–Crippen MR) is 54.9 cm³/mol. The maximum absolute atomic E-state index is 4.19. The molecule has 1 aromatic heterocycles. The van der Waals surface area contributed by atoms with E-state index < -0.39 is 0 Å². The Bertz CT molecular complexity index is 414. The minimum absolute atomic E-state index is 0.836. The maximum atomic E-state index is 4.19. The van der Waals surface area contributed by atoms with Gasteiger partial charge in [-0.25, -0.2) is 4.98 Å². The third kappa shape index (κ3) is 1.54. The summed E-state index contributed by atoms with van der Waals surface area (Å²) in [5.74, 6) is 1.01. The summed E-state index contributed by atoms with van der Waals surface area (Å²) in [5, 5.41) is 0. The molecule has 0 atom stereocenters. The Morgan fingerprint density at radius 1 is 1.29 bits per heavy atom. The van der Waals surface area contributed by atoms with Crippen LogP contribution in [0.2, 0.25) is 0 Å². The van der Waals surface area contributed by atoms with Gasteiger partial charge in [0.2, 0.25) is 0 Å². The number of rotatable bonds is 2. The lowest BCUT2D eigenvalue weighted by molar-refractivity contribution is -0.386. The van der Waals surface area contributed by atoms with Gasteiger partial charge >= 0.3 is 0 Å². The first-order chi connectivity index (χ1) is 6.81. The zero-order chi connectivity index (χ0) is 9.97. The predicted octanol–water partition coefficient (Wildman–Crippen LogP) is 0.923. The van der Waals surface area contributed by atoms with Gasteiger partial charge in [0.1, 0.15) is 5.82 Å². The maximum Gasteiger partial charge on any atom is 0.110 e. The average Bonchev–Trinajstić information content (AvgIpc) is 2.65. The van der Waals surface area contributed by atoms with Crippen molar-refractivity contribution >= 4 is 0 Å². The molecule has 72 valence electrons. The molecular formula is C11H14N3+. The van der Waals surface area contributed by atoms with Crippen molar-refractivity contribution in [3.8, 4) is 5.69 Å². The summed E-state index contributed by atoms with van der Waals surface area (Å²) < 4.78 is 2.06. The van der Waals surface area contributed by atoms with Crippen LogP contribution in [0.25, 0.3) is 5.69 Å². The van der Waals surface area contributed by atoms with Gasteiger partial charge in [0, 0.05) is 23.6 Å². The molecule has 0 spiro atoms. The second kappa shape index (κ2) is 3.64. The molecule has 0 aliphatic carbocycles. The molecule has 14 heavy (non-hydrogen) atoms. The van der Waals surface area contributed by atoms with Crippen molar-refractivity contribution in [1.82, 2.24) is 9.55 Å². The van der Waals surface area contributed by atoms with Gasteiger partial charge in [0.25, 0.3) is 0 Å². The van der Waals surface area contributed by atoms with Crippen molar-refractivity contribution in [3.63, 3.8) is 0 Å². The fourth-order valence-corrected chi connectivity index (χ4v) is 1.47. The highest BCUT2D eigenvalue weighted by Crippen LogP contribution is 2.10. The van der Waals surface area contributed by atoms with Crippen LogP contribution in [0.1, 0.15) is 11.4 Å². The van der Waals surface area contributed by atoms with Crippen molar-refractivity contribution < 1.29 is 5.73 Å². The molecule has 1 heterocycles. The van der Waals surface area contributed by atoms with Gasteiger partial charge < -0.3 is 10.3 Å². The second-order valence-corrected chi connectivity index (χ2v) is 3.26. The third-order valence-corrected chi connectivity index (χ3v) is 2.33. The van der Waals surface area contributed by atoms with Gasteiger partial charge in [-0.15, -0.1) is 0 Å². The number of aromatic nitrogens is 2. The normalized spacial score (nSPS) is 10.4. The van der Waals surface area contributed by atoms with Gasteiger partial charge in [-0.3, -0.25) is 0 Å². The van der Waals surface area contributed by atoms with E-state index in [1.807, 2.05) is 19.3 Å². The molecule has 0 unspecified atom stereocenters. The molecule has 3 nitrogen and oxygen atoms in total. The van der Waals surface area contributed by atoms with Gasteiger partial charge in [0.15, 0.2) is 0 Å². The Kier molecular flexibility index (Phi) is 2.33. The highest BCUT2D eigenvalue weighted by atomic mass is 15.1. The lowest BCUT2D eigenvalue weighted by Crippen LogP contribution is -2.47. The van der Waals surface area contributed by atoms with E-state index in [9.17, 15) is 0 Å². The van der Waals surface area contributed by atoms with E-state index in [2.05, 4.69) is 39.6 Å². The number of hydrogen-bond donors (Lipinski definition) is 1. The number of imidazole rings is 1. The zero-order valence-electron chi connectivity index (χ0n) is 8.27. The Labute approximate surface area is 83.2 Å². The Morgan fingerprint density at radius 2 is 2.00 bits per heavy atom. The topological polar surface area (TPSA) is 45.5 Å². The largest absolute Gasteiger partial charge is 0.354 e. The minimum atomic E-state index is 0.836. The summed E-state index contributed by atoms with van der Waals surface area (Å²) in [7, 11) is 0. The molecule has 0 saturated carbocycles. The van der Waals surface area contributed by atoms with Crippen molar-refractivity contribution in [3.05, 3.63) is 48.0 Å². The van der Waals surface area contributed by atoms with Crippen molar-refractivity contribution in [2.45, 2.75) is 13.5 Å². The molecule has 0 aliphatic heterocycles. The molecule has 2 rings (SSSR count). The Morgan fingerprint density at radius 3 is 2.50 bits per heavy atom. The molecule has 3 N–H and O–H groups in total. The van der Waals surface area contributed by atoms with Gasteiger partial charge in [-0.2, -0.15) is 0 Å². The summed E-state index contributed by atoms with van der Waals surface area (Å²) in [6.45, 7) is 2.83. The number of aryl methyl sites for hydroxylation is 1. The first-order valence-corrected chi connectivity index (χ1v) is 4.70. The zero-order valence-corrected chi connectivity index (χ0v) is 8.27. The van der Waals surface area contributed by atoms with Crippen LogP contribution in [0.15, 0.2) is 36.7 Å². The number of hydrogen-bond acceptors (Lipinski definition) is 1. The van der Waals surface area contributed by atoms with E-state index >= 15 is 0 Å². The van der Waals surface area contributed by atoms with Crippen molar-refractivity contribution in [1.29, 1.82) is 0 Å². The number of benzene rings is 1. The van der Waals surface area contributed by atoms with E-state index in [1.54, 1.807) is 0 Å².